The SMILES string of the molecule is CN[C@@H](C)c1ccc(C(F)(F)C(F)(F)F)cc1. The minimum Gasteiger partial charge on any atom is -0.313 e. The highest BCUT2D eigenvalue weighted by molar-refractivity contribution is 5.28. The first-order chi connectivity index (χ1) is 7.70. The smallest absolute Gasteiger partial charge is 0.313 e. The first-order valence-electron chi connectivity index (χ1n) is 4.92. The molecule has 96 valence electrons. The molecule has 0 fully saturated rings. The van der Waals surface area contributed by atoms with E-state index in [9.17, 15) is 22.0 Å². The van der Waals surface area contributed by atoms with Crippen molar-refractivity contribution < 1.29 is 22.0 Å². The Hall–Kier alpha value is -1.17. The zero-order valence-corrected chi connectivity index (χ0v) is 9.28. The summed E-state index contributed by atoms with van der Waals surface area (Å²) in [5, 5.41) is 2.86. The lowest BCUT2D eigenvalue weighted by molar-refractivity contribution is -0.289. The maximum atomic E-state index is 12.9. The van der Waals surface area contributed by atoms with Gasteiger partial charge in [0.2, 0.25) is 0 Å². The highest BCUT2D eigenvalue weighted by atomic mass is 19.4. The van der Waals surface area contributed by atoms with Gasteiger partial charge in [0, 0.05) is 11.6 Å². The fourth-order valence-corrected chi connectivity index (χ4v) is 1.31. The normalized spacial score (nSPS) is 14.8. The van der Waals surface area contributed by atoms with Gasteiger partial charge in [-0.2, -0.15) is 22.0 Å². The van der Waals surface area contributed by atoms with Gasteiger partial charge in [-0.25, -0.2) is 0 Å². The van der Waals surface area contributed by atoms with Gasteiger partial charge in [0.25, 0.3) is 0 Å². The van der Waals surface area contributed by atoms with E-state index in [4.69, 9.17) is 0 Å². The molecule has 1 aromatic carbocycles. The number of halogens is 5. The van der Waals surface area contributed by atoms with Crippen LogP contribution < -0.4 is 5.32 Å². The molecule has 0 aliphatic carbocycles. The van der Waals surface area contributed by atoms with Crippen LogP contribution >= 0.6 is 0 Å². The summed E-state index contributed by atoms with van der Waals surface area (Å²) in [5.41, 5.74) is -0.397. The van der Waals surface area contributed by atoms with Crippen molar-refractivity contribution in [1.29, 1.82) is 0 Å². The van der Waals surface area contributed by atoms with Gasteiger partial charge in [-0.05, 0) is 19.5 Å². The summed E-state index contributed by atoms with van der Waals surface area (Å²) in [6.45, 7) is 1.77. The number of hydrogen-bond acceptors (Lipinski definition) is 1. The predicted octanol–water partition coefficient (Wildman–Crippen LogP) is 3.62. The van der Waals surface area contributed by atoms with Crippen molar-refractivity contribution in [3.8, 4) is 0 Å². The summed E-state index contributed by atoms with van der Waals surface area (Å²) in [4.78, 5) is 0. The summed E-state index contributed by atoms with van der Waals surface area (Å²) in [5.74, 6) is -4.81. The molecule has 0 aliphatic heterocycles. The molecule has 0 spiro atoms. The van der Waals surface area contributed by atoms with Crippen molar-refractivity contribution in [3.63, 3.8) is 0 Å². The van der Waals surface area contributed by atoms with Crippen LogP contribution in [0.4, 0.5) is 22.0 Å². The van der Waals surface area contributed by atoms with Crippen LogP contribution in [0, 0.1) is 0 Å². The molecule has 0 aliphatic rings. The Kier molecular flexibility index (Phi) is 3.76. The van der Waals surface area contributed by atoms with E-state index in [2.05, 4.69) is 5.32 Å². The summed E-state index contributed by atoms with van der Waals surface area (Å²) in [6.07, 6.45) is -5.57. The molecule has 0 unspecified atom stereocenters. The average molecular weight is 253 g/mol. The van der Waals surface area contributed by atoms with Crippen LogP contribution in [-0.2, 0) is 5.92 Å². The van der Waals surface area contributed by atoms with Crippen LogP contribution in [0.3, 0.4) is 0 Å². The van der Waals surface area contributed by atoms with Crippen molar-refractivity contribution in [2.24, 2.45) is 0 Å². The second kappa shape index (κ2) is 4.60. The average Bonchev–Trinajstić information content (AvgIpc) is 2.26. The molecular weight excluding hydrogens is 241 g/mol. The minimum atomic E-state index is -5.57. The molecule has 1 atom stereocenters. The first-order valence-corrected chi connectivity index (χ1v) is 4.92. The summed E-state index contributed by atoms with van der Waals surface area (Å²) >= 11 is 0. The Morgan fingerprint density at radius 3 is 1.82 bits per heavy atom. The molecule has 0 saturated carbocycles. The van der Waals surface area contributed by atoms with Gasteiger partial charge in [0.05, 0.1) is 0 Å². The number of benzene rings is 1. The third-order valence-corrected chi connectivity index (χ3v) is 2.56. The molecule has 1 N–H and O–H groups in total. The molecule has 0 radical (unpaired) electrons. The zero-order valence-electron chi connectivity index (χ0n) is 9.28. The van der Waals surface area contributed by atoms with E-state index < -0.39 is 17.7 Å². The molecule has 1 aromatic rings. The molecule has 0 saturated heterocycles. The first kappa shape index (κ1) is 13.9. The molecule has 6 heteroatoms. The summed E-state index contributed by atoms with van der Waals surface area (Å²) in [6, 6.07) is 4.02. The van der Waals surface area contributed by atoms with E-state index in [1.165, 1.54) is 12.1 Å². The second-order valence-electron chi connectivity index (χ2n) is 3.70. The van der Waals surface area contributed by atoms with Crippen molar-refractivity contribution in [3.05, 3.63) is 35.4 Å². The van der Waals surface area contributed by atoms with Gasteiger partial charge in [0.15, 0.2) is 0 Å². The van der Waals surface area contributed by atoms with E-state index in [1.807, 2.05) is 0 Å². The second-order valence-corrected chi connectivity index (χ2v) is 3.70. The minimum absolute atomic E-state index is 0.108. The molecule has 0 aromatic heterocycles. The van der Waals surface area contributed by atoms with Gasteiger partial charge in [0.1, 0.15) is 0 Å². The standard InChI is InChI=1S/C11H12F5N/c1-7(17-2)8-3-5-9(6-4-8)10(12,13)11(14,15)16/h3-7,17H,1-2H3/t7-/m0/s1. The molecule has 1 nitrogen and oxygen atoms in total. The Balaban J connectivity index is 3.03. The Bertz CT molecular complexity index is 368. The Morgan fingerprint density at radius 2 is 1.47 bits per heavy atom. The molecule has 0 bridgehead atoms. The van der Waals surface area contributed by atoms with Gasteiger partial charge >= 0.3 is 12.1 Å². The van der Waals surface area contributed by atoms with Crippen LogP contribution in [0.1, 0.15) is 24.1 Å². The lowest BCUT2D eigenvalue weighted by Gasteiger charge is -2.20. The number of alkyl halides is 5. The van der Waals surface area contributed by atoms with Crippen LogP contribution in [0.25, 0.3) is 0 Å². The summed E-state index contributed by atoms with van der Waals surface area (Å²) in [7, 11) is 1.67. The van der Waals surface area contributed by atoms with Gasteiger partial charge in [-0.3, -0.25) is 0 Å². The number of hydrogen-bond donors (Lipinski definition) is 1. The van der Waals surface area contributed by atoms with Crippen molar-refractivity contribution in [2.45, 2.75) is 25.1 Å². The zero-order chi connectivity index (χ0) is 13.3. The largest absolute Gasteiger partial charge is 0.458 e. The van der Waals surface area contributed by atoms with Crippen LogP contribution in [-0.4, -0.2) is 13.2 Å². The highest BCUT2D eigenvalue weighted by Gasteiger charge is 2.58. The fourth-order valence-electron chi connectivity index (χ4n) is 1.31. The lowest BCUT2D eigenvalue weighted by atomic mass is 10.0. The van der Waals surface area contributed by atoms with Crippen LogP contribution in [0.5, 0.6) is 0 Å². The number of nitrogens with one attached hydrogen (secondary N) is 1. The molecular formula is C11H12F5N. The van der Waals surface area contributed by atoms with E-state index in [1.54, 1.807) is 14.0 Å². The predicted molar refractivity (Wildman–Crippen MR) is 53.9 cm³/mol. The quantitative estimate of drug-likeness (QED) is 0.811. The fraction of sp³-hybridized carbons (Fsp3) is 0.455. The van der Waals surface area contributed by atoms with Gasteiger partial charge < -0.3 is 5.32 Å². The maximum Gasteiger partial charge on any atom is 0.458 e. The topological polar surface area (TPSA) is 12.0 Å². The van der Waals surface area contributed by atoms with Crippen LogP contribution in [0.15, 0.2) is 24.3 Å². The maximum absolute atomic E-state index is 12.9. The van der Waals surface area contributed by atoms with Gasteiger partial charge in [-0.1, -0.05) is 24.3 Å². The molecule has 17 heavy (non-hydrogen) atoms. The summed E-state index contributed by atoms with van der Waals surface area (Å²) < 4.78 is 62.1. The van der Waals surface area contributed by atoms with E-state index >= 15 is 0 Å². The molecule has 1 rings (SSSR count). The Labute approximate surface area is 95.6 Å². The van der Waals surface area contributed by atoms with E-state index in [0.717, 1.165) is 12.1 Å². The lowest BCUT2D eigenvalue weighted by Crippen LogP contribution is -2.33. The van der Waals surface area contributed by atoms with E-state index in [-0.39, 0.29) is 6.04 Å². The Morgan fingerprint density at radius 1 is 1.00 bits per heavy atom. The third kappa shape index (κ3) is 2.74. The highest BCUT2D eigenvalue weighted by Crippen LogP contribution is 2.43. The van der Waals surface area contributed by atoms with Crippen molar-refractivity contribution >= 4 is 0 Å². The van der Waals surface area contributed by atoms with E-state index in [0.29, 0.717) is 5.56 Å². The third-order valence-electron chi connectivity index (χ3n) is 2.56. The monoisotopic (exact) mass is 253 g/mol. The van der Waals surface area contributed by atoms with Crippen molar-refractivity contribution in [1.82, 2.24) is 5.32 Å². The molecule has 0 amide bonds. The number of rotatable bonds is 3. The van der Waals surface area contributed by atoms with Crippen LogP contribution in [0.2, 0.25) is 0 Å². The van der Waals surface area contributed by atoms with Gasteiger partial charge in [-0.15, -0.1) is 0 Å². The van der Waals surface area contributed by atoms with Crippen molar-refractivity contribution in [2.75, 3.05) is 7.05 Å². The molecule has 0 heterocycles.